The van der Waals surface area contributed by atoms with E-state index in [0.29, 0.717) is 5.92 Å². The van der Waals surface area contributed by atoms with E-state index in [1.165, 1.54) is 25.9 Å². The molecule has 1 fully saturated rings. The molecule has 1 heterocycles. The van der Waals surface area contributed by atoms with E-state index in [2.05, 4.69) is 18.7 Å². The Bertz CT molecular complexity index is 138. The standard InChI is InChI=1S/C11H23NO/c1-3-5-11(13)10-6-8-12(9-10)7-4-2/h10-11,13H,3-9H2,1-2H3. The summed E-state index contributed by atoms with van der Waals surface area (Å²) in [6, 6.07) is 0. The topological polar surface area (TPSA) is 23.5 Å². The van der Waals surface area contributed by atoms with E-state index in [4.69, 9.17) is 0 Å². The minimum atomic E-state index is -0.0492. The van der Waals surface area contributed by atoms with Crippen LogP contribution in [0.4, 0.5) is 0 Å². The zero-order valence-corrected chi connectivity index (χ0v) is 9.00. The van der Waals surface area contributed by atoms with E-state index in [0.717, 1.165) is 19.4 Å². The Morgan fingerprint density at radius 2 is 2.15 bits per heavy atom. The van der Waals surface area contributed by atoms with Crippen molar-refractivity contribution in [3.05, 3.63) is 0 Å². The van der Waals surface area contributed by atoms with Gasteiger partial charge in [-0.1, -0.05) is 20.3 Å². The summed E-state index contributed by atoms with van der Waals surface area (Å²) in [6.07, 6.45) is 4.46. The highest BCUT2D eigenvalue weighted by molar-refractivity contribution is 4.80. The normalized spacial score (nSPS) is 26.5. The average Bonchev–Trinajstić information content (AvgIpc) is 2.54. The van der Waals surface area contributed by atoms with Crippen molar-refractivity contribution in [2.75, 3.05) is 19.6 Å². The van der Waals surface area contributed by atoms with E-state index in [1.807, 2.05) is 0 Å². The third-order valence-electron chi connectivity index (χ3n) is 2.98. The maximum absolute atomic E-state index is 9.81. The van der Waals surface area contributed by atoms with Crippen molar-refractivity contribution in [1.29, 1.82) is 0 Å². The Balaban J connectivity index is 2.23. The molecule has 0 radical (unpaired) electrons. The molecule has 0 spiro atoms. The molecule has 1 aliphatic rings. The zero-order valence-electron chi connectivity index (χ0n) is 9.00. The minimum absolute atomic E-state index is 0.0492. The molecule has 0 aliphatic carbocycles. The van der Waals surface area contributed by atoms with E-state index in [1.54, 1.807) is 0 Å². The van der Waals surface area contributed by atoms with Gasteiger partial charge in [0.15, 0.2) is 0 Å². The molecular formula is C11H23NO. The van der Waals surface area contributed by atoms with Crippen molar-refractivity contribution in [2.24, 2.45) is 5.92 Å². The molecule has 1 aliphatic heterocycles. The van der Waals surface area contributed by atoms with Crippen LogP contribution in [0.5, 0.6) is 0 Å². The predicted molar refractivity (Wildman–Crippen MR) is 55.8 cm³/mol. The van der Waals surface area contributed by atoms with Crippen molar-refractivity contribution in [2.45, 2.75) is 45.6 Å². The third-order valence-corrected chi connectivity index (χ3v) is 2.98. The van der Waals surface area contributed by atoms with Crippen molar-refractivity contribution in [3.8, 4) is 0 Å². The molecule has 0 aromatic rings. The molecule has 0 saturated carbocycles. The molecule has 0 aromatic heterocycles. The summed E-state index contributed by atoms with van der Waals surface area (Å²) < 4.78 is 0. The Labute approximate surface area is 81.9 Å². The van der Waals surface area contributed by atoms with Gasteiger partial charge in [0, 0.05) is 6.54 Å². The number of aliphatic hydroxyl groups is 1. The van der Waals surface area contributed by atoms with Gasteiger partial charge in [0.1, 0.15) is 0 Å². The molecule has 2 unspecified atom stereocenters. The number of nitrogens with zero attached hydrogens (tertiary/aromatic N) is 1. The Morgan fingerprint density at radius 3 is 2.77 bits per heavy atom. The van der Waals surface area contributed by atoms with Crippen LogP contribution in [0.3, 0.4) is 0 Å². The maximum atomic E-state index is 9.81. The van der Waals surface area contributed by atoms with Crippen LogP contribution in [-0.4, -0.2) is 35.7 Å². The van der Waals surface area contributed by atoms with Crippen molar-refractivity contribution < 1.29 is 5.11 Å². The van der Waals surface area contributed by atoms with E-state index in [9.17, 15) is 5.11 Å². The number of hydrogen-bond donors (Lipinski definition) is 1. The summed E-state index contributed by atoms with van der Waals surface area (Å²) in [7, 11) is 0. The molecule has 1 saturated heterocycles. The molecule has 1 rings (SSSR count). The lowest BCUT2D eigenvalue weighted by molar-refractivity contribution is 0.101. The molecular weight excluding hydrogens is 162 g/mol. The second kappa shape index (κ2) is 5.61. The summed E-state index contributed by atoms with van der Waals surface area (Å²) in [5.74, 6) is 0.548. The van der Waals surface area contributed by atoms with Crippen LogP contribution >= 0.6 is 0 Å². The van der Waals surface area contributed by atoms with Crippen molar-refractivity contribution in [1.82, 2.24) is 4.90 Å². The highest BCUT2D eigenvalue weighted by atomic mass is 16.3. The van der Waals surface area contributed by atoms with Crippen LogP contribution in [0.25, 0.3) is 0 Å². The summed E-state index contributed by atoms with van der Waals surface area (Å²) in [4.78, 5) is 2.48. The Kier molecular flexibility index (Phi) is 4.74. The van der Waals surface area contributed by atoms with Gasteiger partial charge in [-0.25, -0.2) is 0 Å². The van der Waals surface area contributed by atoms with Gasteiger partial charge in [-0.05, 0) is 38.3 Å². The monoisotopic (exact) mass is 185 g/mol. The van der Waals surface area contributed by atoms with E-state index >= 15 is 0 Å². The summed E-state index contributed by atoms with van der Waals surface area (Å²) in [5.41, 5.74) is 0. The minimum Gasteiger partial charge on any atom is -0.393 e. The van der Waals surface area contributed by atoms with E-state index < -0.39 is 0 Å². The van der Waals surface area contributed by atoms with Gasteiger partial charge in [0.05, 0.1) is 6.10 Å². The predicted octanol–water partition coefficient (Wildman–Crippen LogP) is 1.88. The van der Waals surface area contributed by atoms with Crippen LogP contribution < -0.4 is 0 Å². The average molecular weight is 185 g/mol. The van der Waals surface area contributed by atoms with Gasteiger partial charge >= 0.3 is 0 Å². The van der Waals surface area contributed by atoms with Crippen LogP contribution in [0.1, 0.15) is 39.5 Å². The number of rotatable bonds is 5. The molecule has 0 amide bonds. The van der Waals surface area contributed by atoms with Gasteiger partial charge in [-0.15, -0.1) is 0 Å². The molecule has 1 N–H and O–H groups in total. The van der Waals surface area contributed by atoms with Gasteiger partial charge in [0.25, 0.3) is 0 Å². The summed E-state index contributed by atoms with van der Waals surface area (Å²) >= 11 is 0. The van der Waals surface area contributed by atoms with Crippen molar-refractivity contribution in [3.63, 3.8) is 0 Å². The third kappa shape index (κ3) is 3.28. The first kappa shape index (κ1) is 11.0. The molecule has 13 heavy (non-hydrogen) atoms. The zero-order chi connectivity index (χ0) is 9.68. The fourth-order valence-corrected chi connectivity index (χ4v) is 2.23. The first-order valence-electron chi connectivity index (χ1n) is 5.68. The van der Waals surface area contributed by atoms with Gasteiger partial charge < -0.3 is 10.0 Å². The molecule has 2 nitrogen and oxygen atoms in total. The number of aliphatic hydroxyl groups excluding tert-OH is 1. The second-order valence-electron chi connectivity index (χ2n) is 4.21. The highest BCUT2D eigenvalue weighted by Crippen LogP contribution is 2.22. The van der Waals surface area contributed by atoms with Crippen LogP contribution in [-0.2, 0) is 0 Å². The fraction of sp³-hybridized carbons (Fsp3) is 1.00. The van der Waals surface area contributed by atoms with Crippen LogP contribution in [0, 0.1) is 5.92 Å². The molecule has 0 aromatic carbocycles. The largest absolute Gasteiger partial charge is 0.393 e. The van der Waals surface area contributed by atoms with Crippen LogP contribution in [0.2, 0.25) is 0 Å². The number of likely N-dealkylation sites (tertiary alicyclic amines) is 1. The van der Waals surface area contributed by atoms with Gasteiger partial charge in [-0.2, -0.15) is 0 Å². The van der Waals surface area contributed by atoms with Gasteiger partial charge in [-0.3, -0.25) is 0 Å². The fourth-order valence-electron chi connectivity index (χ4n) is 2.23. The molecule has 78 valence electrons. The number of hydrogen-bond acceptors (Lipinski definition) is 2. The first-order chi connectivity index (χ1) is 6.27. The van der Waals surface area contributed by atoms with Gasteiger partial charge in [0.2, 0.25) is 0 Å². The van der Waals surface area contributed by atoms with Crippen molar-refractivity contribution >= 4 is 0 Å². The Morgan fingerprint density at radius 1 is 1.38 bits per heavy atom. The molecule has 2 heteroatoms. The highest BCUT2D eigenvalue weighted by Gasteiger charge is 2.26. The second-order valence-corrected chi connectivity index (χ2v) is 4.21. The lowest BCUT2D eigenvalue weighted by Crippen LogP contribution is -2.26. The lowest BCUT2D eigenvalue weighted by atomic mass is 9.98. The molecule has 2 atom stereocenters. The molecule has 0 bridgehead atoms. The summed E-state index contributed by atoms with van der Waals surface area (Å²) in [6.45, 7) is 7.88. The van der Waals surface area contributed by atoms with Crippen LogP contribution in [0.15, 0.2) is 0 Å². The smallest absolute Gasteiger partial charge is 0.0581 e. The Hall–Kier alpha value is -0.0800. The summed E-state index contributed by atoms with van der Waals surface area (Å²) in [5, 5.41) is 9.81. The quantitative estimate of drug-likeness (QED) is 0.707. The SMILES string of the molecule is CCCC(O)C1CCN(CCC)C1. The first-order valence-corrected chi connectivity index (χ1v) is 5.68. The van der Waals surface area contributed by atoms with E-state index in [-0.39, 0.29) is 6.10 Å². The maximum Gasteiger partial charge on any atom is 0.0581 e. The lowest BCUT2D eigenvalue weighted by Gasteiger charge is -2.18.